The summed E-state index contributed by atoms with van der Waals surface area (Å²) in [7, 11) is 0. The maximum Gasteiger partial charge on any atom is 0.249 e. The summed E-state index contributed by atoms with van der Waals surface area (Å²) in [5.41, 5.74) is 6.75. The predicted molar refractivity (Wildman–Crippen MR) is 71.4 cm³/mol. The second kappa shape index (κ2) is 4.86. The lowest BCUT2D eigenvalue weighted by atomic mass is 10.1. The summed E-state index contributed by atoms with van der Waals surface area (Å²) in [6.45, 7) is 0.526. The zero-order valence-electron chi connectivity index (χ0n) is 10.9. The number of carbonyl (C=O) groups is 2. The molecule has 1 unspecified atom stereocenters. The van der Waals surface area contributed by atoms with Gasteiger partial charge in [0.05, 0.1) is 5.69 Å². The number of carbonyl (C=O) groups excluding carboxylic acids is 2. The minimum atomic E-state index is -0.818. The molecule has 1 aliphatic carbocycles. The van der Waals surface area contributed by atoms with Gasteiger partial charge < -0.3 is 16.0 Å². The van der Waals surface area contributed by atoms with E-state index in [2.05, 4.69) is 5.32 Å². The van der Waals surface area contributed by atoms with Gasteiger partial charge in [-0.15, -0.1) is 0 Å². The lowest BCUT2D eigenvalue weighted by Crippen LogP contribution is -2.41. The van der Waals surface area contributed by atoms with Crippen molar-refractivity contribution >= 4 is 17.5 Å². The van der Waals surface area contributed by atoms with E-state index < -0.39 is 11.9 Å². The number of nitrogens with one attached hydrogen (secondary N) is 1. The van der Waals surface area contributed by atoms with Crippen molar-refractivity contribution in [2.75, 3.05) is 18.0 Å². The van der Waals surface area contributed by atoms with Crippen LogP contribution in [-0.2, 0) is 9.59 Å². The third-order valence-electron chi connectivity index (χ3n) is 3.74. The molecule has 1 atom stereocenters. The number of benzene rings is 1. The van der Waals surface area contributed by atoms with Crippen LogP contribution >= 0.6 is 0 Å². The average molecular weight is 277 g/mol. The maximum absolute atomic E-state index is 13.3. The first-order valence-electron chi connectivity index (χ1n) is 6.69. The lowest BCUT2D eigenvalue weighted by molar-refractivity contribution is -0.124. The van der Waals surface area contributed by atoms with Gasteiger partial charge in [-0.05, 0) is 30.9 Å². The van der Waals surface area contributed by atoms with Crippen molar-refractivity contribution in [3.05, 3.63) is 29.6 Å². The third kappa shape index (κ3) is 2.38. The number of fused-ring (bicyclic) bond motifs is 1. The quantitative estimate of drug-likeness (QED) is 0.850. The minimum absolute atomic E-state index is 0.115. The van der Waals surface area contributed by atoms with Gasteiger partial charge in [-0.1, -0.05) is 6.07 Å². The fourth-order valence-electron chi connectivity index (χ4n) is 2.38. The molecule has 3 rings (SSSR count). The smallest absolute Gasteiger partial charge is 0.249 e. The van der Waals surface area contributed by atoms with Crippen LogP contribution in [0.25, 0.3) is 0 Å². The SMILES string of the molecule is NC1C(=O)N(CC(=O)NCC2CC2)c2cc(F)ccc21. The van der Waals surface area contributed by atoms with Crippen molar-refractivity contribution in [3.8, 4) is 0 Å². The molecule has 0 spiro atoms. The second-order valence-corrected chi connectivity index (χ2v) is 5.35. The summed E-state index contributed by atoms with van der Waals surface area (Å²) in [5, 5.41) is 2.78. The monoisotopic (exact) mass is 277 g/mol. The Hall–Kier alpha value is -1.95. The Balaban J connectivity index is 1.74. The van der Waals surface area contributed by atoms with Crippen molar-refractivity contribution in [1.29, 1.82) is 0 Å². The van der Waals surface area contributed by atoms with Gasteiger partial charge in [0.2, 0.25) is 11.8 Å². The van der Waals surface area contributed by atoms with Crippen LogP contribution in [0.3, 0.4) is 0 Å². The molecular formula is C14H16FN3O2. The molecule has 1 saturated carbocycles. The Bertz CT molecular complexity index is 572. The zero-order chi connectivity index (χ0) is 14.3. The highest BCUT2D eigenvalue weighted by Crippen LogP contribution is 2.34. The normalized spacial score (nSPS) is 21.0. The standard InChI is InChI=1S/C14H16FN3O2/c15-9-3-4-10-11(5-9)18(14(20)13(10)16)7-12(19)17-6-8-1-2-8/h3-5,8,13H,1-2,6-7,16H2,(H,17,19). The molecule has 0 radical (unpaired) electrons. The second-order valence-electron chi connectivity index (χ2n) is 5.35. The molecule has 1 aromatic carbocycles. The highest BCUT2D eigenvalue weighted by molar-refractivity contribution is 6.07. The number of hydrogen-bond donors (Lipinski definition) is 2. The van der Waals surface area contributed by atoms with Gasteiger partial charge in [-0.2, -0.15) is 0 Å². The third-order valence-corrected chi connectivity index (χ3v) is 3.74. The highest BCUT2D eigenvalue weighted by atomic mass is 19.1. The van der Waals surface area contributed by atoms with Gasteiger partial charge in [0, 0.05) is 12.1 Å². The largest absolute Gasteiger partial charge is 0.354 e. The van der Waals surface area contributed by atoms with E-state index in [4.69, 9.17) is 5.73 Å². The Labute approximate surface area is 115 Å². The van der Waals surface area contributed by atoms with E-state index in [1.165, 1.54) is 23.1 Å². The van der Waals surface area contributed by atoms with E-state index in [-0.39, 0.29) is 18.4 Å². The predicted octanol–water partition coefficient (Wildman–Crippen LogP) is 0.698. The molecule has 1 aromatic rings. The molecule has 1 heterocycles. The minimum Gasteiger partial charge on any atom is -0.354 e. The molecule has 1 aliphatic heterocycles. The first-order chi connectivity index (χ1) is 9.56. The Morgan fingerprint density at radius 1 is 1.45 bits per heavy atom. The molecule has 6 heteroatoms. The fourth-order valence-corrected chi connectivity index (χ4v) is 2.38. The molecule has 106 valence electrons. The van der Waals surface area contributed by atoms with Crippen molar-refractivity contribution in [3.63, 3.8) is 0 Å². The summed E-state index contributed by atoms with van der Waals surface area (Å²) < 4.78 is 13.3. The molecule has 0 saturated heterocycles. The number of nitrogens with two attached hydrogens (primary N) is 1. The summed E-state index contributed by atoms with van der Waals surface area (Å²) in [4.78, 5) is 25.2. The molecule has 2 aliphatic rings. The molecule has 0 aromatic heterocycles. The molecule has 1 fully saturated rings. The van der Waals surface area contributed by atoms with E-state index in [0.717, 1.165) is 12.8 Å². The van der Waals surface area contributed by atoms with Crippen LogP contribution in [0.5, 0.6) is 0 Å². The van der Waals surface area contributed by atoms with Crippen molar-refractivity contribution in [1.82, 2.24) is 5.32 Å². The lowest BCUT2D eigenvalue weighted by Gasteiger charge is -2.17. The summed E-state index contributed by atoms with van der Waals surface area (Å²) in [6.07, 6.45) is 2.28. The van der Waals surface area contributed by atoms with Crippen molar-refractivity contribution in [2.24, 2.45) is 11.7 Å². The van der Waals surface area contributed by atoms with Gasteiger partial charge >= 0.3 is 0 Å². The maximum atomic E-state index is 13.3. The van der Waals surface area contributed by atoms with Crippen LogP contribution in [-0.4, -0.2) is 24.9 Å². The first kappa shape index (κ1) is 13.1. The van der Waals surface area contributed by atoms with Gasteiger partial charge in [0.1, 0.15) is 18.4 Å². The average Bonchev–Trinajstić information content (AvgIpc) is 3.21. The van der Waals surface area contributed by atoms with Crippen LogP contribution in [0.4, 0.5) is 10.1 Å². The summed E-state index contributed by atoms with van der Waals surface area (Å²) in [6, 6.07) is 3.19. The van der Waals surface area contributed by atoms with E-state index >= 15 is 0 Å². The summed E-state index contributed by atoms with van der Waals surface area (Å²) in [5.74, 6) is -0.490. The Kier molecular flexibility index (Phi) is 3.17. The number of nitrogens with zero attached hydrogens (tertiary/aromatic N) is 1. The Morgan fingerprint density at radius 2 is 2.20 bits per heavy atom. The van der Waals surface area contributed by atoms with Crippen LogP contribution in [0.2, 0.25) is 0 Å². The van der Waals surface area contributed by atoms with Crippen LogP contribution in [0.15, 0.2) is 18.2 Å². The zero-order valence-corrected chi connectivity index (χ0v) is 10.9. The van der Waals surface area contributed by atoms with E-state index in [1.54, 1.807) is 0 Å². The highest BCUT2D eigenvalue weighted by Gasteiger charge is 2.36. The number of halogens is 1. The van der Waals surface area contributed by atoms with E-state index in [1.807, 2.05) is 0 Å². The van der Waals surface area contributed by atoms with Crippen molar-refractivity contribution < 1.29 is 14.0 Å². The van der Waals surface area contributed by atoms with Crippen LogP contribution in [0.1, 0.15) is 24.4 Å². The van der Waals surface area contributed by atoms with Gasteiger partial charge in [-0.3, -0.25) is 9.59 Å². The van der Waals surface area contributed by atoms with E-state index in [9.17, 15) is 14.0 Å². The number of amides is 2. The van der Waals surface area contributed by atoms with Crippen LogP contribution < -0.4 is 16.0 Å². The van der Waals surface area contributed by atoms with Gasteiger partial charge in [0.15, 0.2) is 0 Å². The van der Waals surface area contributed by atoms with Crippen molar-refractivity contribution in [2.45, 2.75) is 18.9 Å². The number of hydrogen-bond acceptors (Lipinski definition) is 3. The van der Waals surface area contributed by atoms with Crippen LogP contribution in [0, 0.1) is 11.7 Å². The van der Waals surface area contributed by atoms with Gasteiger partial charge in [0.25, 0.3) is 0 Å². The molecule has 0 bridgehead atoms. The fraction of sp³-hybridized carbons (Fsp3) is 0.429. The van der Waals surface area contributed by atoms with E-state index in [0.29, 0.717) is 23.7 Å². The molecule has 5 nitrogen and oxygen atoms in total. The molecular weight excluding hydrogens is 261 g/mol. The number of anilines is 1. The van der Waals surface area contributed by atoms with Gasteiger partial charge in [-0.25, -0.2) is 4.39 Å². The first-order valence-corrected chi connectivity index (χ1v) is 6.69. The number of rotatable bonds is 4. The molecule has 20 heavy (non-hydrogen) atoms. The molecule has 2 amide bonds. The summed E-state index contributed by atoms with van der Waals surface area (Å²) >= 11 is 0. The molecule has 3 N–H and O–H groups in total. The topological polar surface area (TPSA) is 75.4 Å². The Morgan fingerprint density at radius 3 is 2.90 bits per heavy atom.